The Balaban J connectivity index is 1.96. The third kappa shape index (κ3) is 5.42. The number of hydrogen-bond acceptors (Lipinski definition) is 4. The van der Waals surface area contributed by atoms with Crippen molar-refractivity contribution in [3.8, 4) is 0 Å². The molecule has 3 aromatic rings. The molecule has 2 aliphatic heterocycles. The summed E-state index contributed by atoms with van der Waals surface area (Å²) < 4.78 is 2.23. The molecule has 5 heterocycles. The van der Waals surface area contributed by atoms with E-state index in [0.29, 0.717) is 18.5 Å². The molecule has 2 aliphatic rings. The van der Waals surface area contributed by atoms with Crippen molar-refractivity contribution in [1.82, 2.24) is 19.5 Å². The molecule has 43 heavy (non-hydrogen) atoms. The van der Waals surface area contributed by atoms with Gasteiger partial charge in [-0.2, -0.15) is 0 Å². The van der Waals surface area contributed by atoms with E-state index in [1.807, 2.05) is 26.0 Å². The fourth-order valence-corrected chi connectivity index (χ4v) is 6.57. The number of nitrogens with zero attached hydrogens (tertiary/aromatic N) is 3. The minimum Gasteiger partial charge on any atom is -0.481 e. The zero-order valence-electron chi connectivity index (χ0n) is 26.1. The number of allylic oxidation sites excluding steroid dienone is 4. The number of fused-ring (bicyclic) bond motifs is 8. The first-order chi connectivity index (χ1) is 20.4. The summed E-state index contributed by atoms with van der Waals surface area (Å²) in [6.07, 6.45) is 2.41. The number of aliphatic carboxylic acids is 2. The molecule has 8 nitrogen and oxygen atoms in total. The maximum atomic E-state index is 11.6. The molecule has 8 heteroatoms. The molecule has 0 atom stereocenters. The van der Waals surface area contributed by atoms with Crippen molar-refractivity contribution in [2.45, 2.75) is 80.1 Å². The van der Waals surface area contributed by atoms with Gasteiger partial charge in [0, 0.05) is 42.0 Å². The van der Waals surface area contributed by atoms with Crippen molar-refractivity contribution in [3.05, 3.63) is 69.3 Å². The van der Waals surface area contributed by atoms with Crippen molar-refractivity contribution in [2.24, 2.45) is 7.05 Å². The predicted octanol–water partition coefficient (Wildman–Crippen LogP) is 7.66. The van der Waals surface area contributed by atoms with Gasteiger partial charge in [-0.05, 0) is 122 Å². The van der Waals surface area contributed by atoms with Gasteiger partial charge in [-0.1, -0.05) is 13.8 Å². The summed E-state index contributed by atoms with van der Waals surface area (Å²) in [5.74, 6) is -1.72. The van der Waals surface area contributed by atoms with Gasteiger partial charge in [-0.15, -0.1) is 0 Å². The first-order valence-electron chi connectivity index (χ1n) is 15.0. The van der Waals surface area contributed by atoms with Gasteiger partial charge in [0.2, 0.25) is 0 Å². The summed E-state index contributed by atoms with van der Waals surface area (Å²) in [4.78, 5) is 36.9. The topological polar surface area (TPSA) is 121 Å². The zero-order valence-corrected chi connectivity index (χ0v) is 26.1. The van der Waals surface area contributed by atoms with E-state index >= 15 is 0 Å². The lowest BCUT2D eigenvalue weighted by Gasteiger charge is -2.03. The normalized spacial score (nSPS) is 13.3. The van der Waals surface area contributed by atoms with Crippen LogP contribution in [-0.4, -0.2) is 41.7 Å². The Morgan fingerprint density at radius 3 is 1.91 bits per heavy atom. The smallest absolute Gasteiger partial charge is 0.303 e. The minimum atomic E-state index is -0.865. The molecule has 0 saturated heterocycles. The number of aromatic nitrogens is 4. The highest BCUT2D eigenvalue weighted by Gasteiger charge is 2.22. The van der Waals surface area contributed by atoms with Gasteiger partial charge < -0.3 is 19.8 Å². The molecule has 0 radical (unpaired) electrons. The average Bonchev–Trinajstić information content (AvgIpc) is 3.59. The van der Waals surface area contributed by atoms with E-state index in [2.05, 4.69) is 56.4 Å². The van der Waals surface area contributed by atoms with Gasteiger partial charge in [-0.3, -0.25) is 9.59 Å². The van der Waals surface area contributed by atoms with Gasteiger partial charge in [0.1, 0.15) is 0 Å². The van der Waals surface area contributed by atoms with Gasteiger partial charge in [-0.25, -0.2) is 9.97 Å². The maximum Gasteiger partial charge on any atom is 0.303 e. The van der Waals surface area contributed by atoms with Crippen LogP contribution < -0.4 is 0 Å². The third-order valence-electron chi connectivity index (χ3n) is 9.09. The predicted molar refractivity (Wildman–Crippen MR) is 173 cm³/mol. The summed E-state index contributed by atoms with van der Waals surface area (Å²) >= 11 is 0. The first-order valence-corrected chi connectivity index (χ1v) is 15.0. The SMILES string of the molecule is CCC1=C(C)c2cc3nc(cc4[nH]c(cc5c(CC)c(C)c(cc1n2)n5C)c(C)c4CCC(=O)O)C(CCC(=O)O)=C3C. The molecule has 0 amide bonds. The fraction of sp³-hybridized carbons (Fsp3) is 0.371. The Kier molecular flexibility index (Phi) is 8.14. The molecule has 0 unspecified atom stereocenters. The highest BCUT2D eigenvalue weighted by molar-refractivity contribution is 5.96. The highest BCUT2D eigenvalue weighted by Crippen LogP contribution is 2.37. The van der Waals surface area contributed by atoms with E-state index in [1.165, 1.54) is 16.7 Å². The van der Waals surface area contributed by atoms with Crippen molar-refractivity contribution < 1.29 is 19.8 Å². The number of rotatable bonds is 8. The second-order valence-corrected chi connectivity index (χ2v) is 11.5. The summed E-state index contributed by atoms with van der Waals surface area (Å²) in [6, 6.07) is 8.32. The van der Waals surface area contributed by atoms with Crippen LogP contribution in [-0.2, 0) is 29.5 Å². The van der Waals surface area contributed by atoms with Crippen LogP contribution in [0.15, 0.2) is 24.3 Å². The van der Waals surface area contributed by atoms with Crippen LogP contribution >= 0.6 is 0 Å². The Morgan fingerprint density at radius 1 is 0.698 bits per heavy atom. The second-order valence-electron chi connectivity index (χ2n) is 11.5. The third-order valence-corrected chi connectivity index (χ3v) is 9.09. The Bertz CT molecular complexity index is 1900. The molecular weight excluding hydrogens is 540 g/mol. The molecule has 5 rings (SSSR count). The van der Waals surface area contributed by atoms with E-state index in [4.69, 9.17) is 9.97 Å². The molecule has 3 aromatic heterocycles. The number of carbonyl (C=O) groups is 2. The molecule has 8 bridgehead atoms. The van der Waals surface area contributed by atoms with Crippen LogP contribution in [0, 0.1) is 13.8 Å². The highest BCUT2D eigenvalue weighted by atomic mass is 16.4. The Labute approximate surface area is 251 Å². The fourth-order valence-electron chi connectivity index (χ4n) is 6.57. The van der Waals surface area contributed by atoms with Crippen LogP contribution in [0.4, 0.5) is 0 Å². The molecule has 0 aromatic carbocycles. The van der Waals surface area contributed by atoms with Gasteiger partial charge in [0.25, 0.3) is 0 Å². The van der Waals surface area contributed by atoms with E-state index in [0.717, 1.165) is 79.8 Å². The molecule has 0 aliphatic carbocycles. The van der Waals surface area contributed by atoms with Gasteiger partial charge in [0.15, 0.2) is 0 Å². The van der Waals surface area contributed by atoms with Crippen LogP contribution in [0.1, 0.15) is 98.4 Å². The lowest BCUT2D eigenvalue weighted by Crippen LogP contribution is -1.98. The molecule has 3 N–H and O–H groups in total. The van der Waals surface area contributed by atoms with Crippen molar-refractivity contribution in [3.63, 3.8) is 0 Å². The molecule has 224 valence electrons. The van der Waals surface area contributed by atoms with Crippen LogP contribution in [0.2, 0.25) is 0 Å². The van der Waals surface area contributed by atoms with E-state index < -0.39 is 11.9 Å². The zero-order chi connectivity index (χ0) is 31.2. The number of carboxylic acids is 2. The van der Waals surface area contributed by atoms with Crippen LogP contribution in [0.3, 0.4) is 0 Å². The summed E-state index contributed by atoms with van der Waals surface area (Å²) in [5.41, 5.74) is 15.7. The minimum absolute atomic E-state index is 0.00370. The van der Waals surface area contributed by atoms with Gasteiger partial charge in [0.05, 0.1) is 22.8 Å². The quantitative estimate of drug-likeness (QED) is 0.252. The van der Waals surface area contributed by atoms with Crippen molar-refractivity contribution in [1.29, 1.82) is 0 Å². The summed E-state index contributed by atoms with van der Waals surface area (Å²) in [7, 11) is 2.09. The monoisotopic (exact) mass is 580 g/mol. The Morgan fingerprint density at radius 2 is 1.30 bits per heavy atom. The number of hydrogen-bond donors (Lipinski definition) is 3. The van der Waals surface area contributed by atoms with Crippen molar-refractivity contribution >= 4 is 56.3 Å². The summed E-state index contributed by atoms with van der Waals surface area (Å²) in [6.45, 7) is 12.6. The Hall–Kier alpha value is -4.46. The molecular formula is C35H40N4O4. The summed E-state index contributed by atoms with van der Waals surface area (Å²) in [5, 5.41) is 19.0. The number of aromatic amines is 1. The van der Waals surface area contributed by atoms with E-state index in [-0.39, 0.29) is 12.8 Å². The van der Waals surface area contributed by atoms with E-state index in [9.17, 15) is 19.8 Å². The van der Waals surface area contributed by atoms with E-state index in [1.54, 1.807) is 0 Å². The average molecular weight is 581 g/mol. The lowest BCUT2D eigenvalue weighted by atomic mass is 9.99. The van der Waals surface area contributed by atoms with Gasteiger partial charge >= 0.3 is 11.9 Å². The van der Waals surface area contributed by atoms with Crippen LogP contribution in [0.5, 0.6) is 0 Å². The maximum absolute atomic E-state index is 11.6. The van der Waals surface area contributed by atoms with Crippen molar-refractivity contribution in [2.75, 3.05) is 0 Å². The number of aryl methyl sites for hydroxylation is 5. The molecule has 0 saturated carbocycles. The molecule has 0 spiro atoms. The second kappa shape index (κ2) is 11.7. The first kappa shape index (κ1) is 30.0. The lowest BCUT2D eigenvalue weighted by molar-refractivity contribution is -0.137. The number of H-pyrrole nitrogens is 1. The van der Waals surface area contributed by atoms with Crippen LogP contribution in [0.25, 0.3) is 44.4 Å². The largest absolute Gasteiger partial charge is 0.481 e. The number of nitrogens with one attached hydrogen (secondary N) is 1. The standard InChI is InChI=1S/C35H40N4O4/c1-8-22-18(3)26-14-27-19(4)24(10-12-34(40)41)29(36-27)15-30-25(11-13-35(42)43)20(5)28(38-30)16-33-23(9-2)21(6)32(39(33)7)17-31(22)37-26/h14-17,38H,8-13H2,1-7H3,(H,40,41)(H,42,43). The number of carboxylic acid groups (broad SMARTS) is 2. The molecule has 0 fully saturated rings.